The number of carbonyl (C=O) groups is 1. The van der Waals surface area contributed by atoms with Crippen LogP contribution in [0.2, 0.25) is 0 Å². The summed E-state index contributed by atoms with van der Waals surface area (Å²) in [7, 11) is -3.97. The fraction of sp³-hybridized carbons (Fsp3) is 0.385. The maximum atomic E-state index is 11.4. The van der Waals surface area contributed by atoms with Gasteiger partial charge in [-0.3, -0.25) is 0 Å². The topological polar surface area (TPSA) is 124 Å². The number of anilines is 1. The van der Waals surface area contributed by atoms with Gasteiger partial charge in [-0.15, -0.1) is 0 Å². The molecule has 3 N–H and O–H groups in total. The third kappa shape index (κ3) is 4.18. The van der Waals surface area contributed by atoms with Gasteiger partial charge in [-0.25, -0.2) is 18.4 Å². The molecule has 0 atom stereocenters. The number of rotatable bonds is 6. The van der Waals surface area contributed by atoms with E-state index in [1.54, 1.807) is 4.90 Å². The molecule has 0 amide bonds. The minimum Gasteiger partial charge on any atom is -0.478 e. The summed E-state index contributed by atoms with van der Waals surface area (Å²) in [5.41, 5.74) is 0.202. The van der Waals surface area contributed by atoms with E-state index in [0.29, 0.717) is 12.2 Å². The SMILES string of the molecule is CC(C)N(CCC#N)c1ccc(S(N)(=O)=O)cc1C(=O)O. The first kappa shape index (κ1) is 16.9. The largest absolute Gasteiger partial charge is 0.478 e. The van der Waals surface area contributed by atoms with Gasteiger partial charge in [-0.2, -0.15) is 5.26 Å². The van der Waals surface area contributed by atoms with Gasteiger partial charge < -0.3 is 10.0 Å². The Morgan fingerprint density at radius 1 is 1.48 bits per heavy atom. The van der Waals surface area contributed by atoms with Crippen molar-refractivity contribution in [3.63, 3.8) is 0 Å². The Labute approximate surface area is 123 Å². The first-order chi connectivity index (χ1) is 9.68. The summed E-state index contributed by atoms with van der Waals surface area (Å²) < 4.78 is 22.6. The van der Waals surface area contributed by atoms with E-state index in [1.807, 2.05) is 19.9 Å². The summed E-state index contributed by atoms with van der Waals surface area (Å²) in [6, 6.07) is 5.66. The molecule has 7 nitrogen and oxygen atoms in total. The van der Waals surface area contributed by atoms with E-state index >= 15 is 0 Å². The Morgan fingerprint density at radius 2 is 2.10 bits per heavy atom. The second kappa shape index (κ2) is 6.56. The highest BCUT2D eigenvalue weighted by Crippen LogP contribution is 2.26. The maximum absolute atomic E-state index is 11.4. The molecule has 114 valence electrons. The Bertz CT molecular complexity index is 677. The number of nitriles is 1. The van der Waals surface area contributed by atoms with Gasteiger partial charge in [0.25, 0.3) is 0 Å². The Balaban J connectivity index is 3.41. The van der Waals surface area contributed by atoms with Gasteiger partial charge in [0.15, 0.2) is 0 Å². The van der Waals surface area contributed by atoms with Crippen LogP contribution in [-0.2, 0) is 10.0 Å². The molecule has 8 heteroatoms. The second-order valence-corrected chi connectivity index (χ2v) is 6.29. The van der Waals surface area contributed by atoms with Gasteiger partial charge in [0.05, 0.1) is 28.6 Å². The molecule has 0 aliphatic rings. The predicted octanol–water partition coefficient (Wildman–Crippen LogP) is 1.16. The van der Waals surface area contributed by atoms with Crippen LogP contribution in [0.4, 0.5) is 5.69 Å². The molecule has 0 bridgehead atoms. The smallest absolute Gasteiger partial charge is 0.337 e. The van der Waals surface area contributed by atoms with Crippen LogP contribution in [0.25, 0.3) is 0 Å². The molecular formula is C13H17N3O4S. The Kier molecular flexibility index (Phi) is 5.29. The third-order valence-electron chi connectivity index (χ3n) is 2.92. The van der Waals surface area contributed by atoms with Crippen molar-refractivity contribution in [3.8, 4) is 6.07 Å². The number of carboxylic acid groups (broad SMARTS) is 1. The highest BCUT2D eigenvalue weighted by molar-refractivity contribution is 7.89. The van der Waals surface area contributed by atoms with Crippen molar-refractivity contribution in [3.05, 3.63) is 23.8 Å². The molecule has 1 rings (SSSR count). The zero-order valence-electron chi connectivity index (χ0n) is 11.8. The maximum Gasteiger partial charge on any atom is 0.337 e. The fourth-order valence-corrected chi connectivity index (χ4v) is 2.48. The van der Waals surface area contributed by atoms with Crippen LogP contribution in [-0.4, -0.2) is 32.1 Å². The number of sulfonamides is 1. The van der Waals surface area contributed by atoms with Gasteiger partial charge >= 0.3 is 5.97 Å². The van der Waals surface area contributed by atoms with E-state index in [0.717, 1.165) is 6.07 Å². The van der Waals surface area contributed by atoms with E-state index in [4.69, 9.17) is 10.4 Å². The van der Waals surface area contributed by atoms with Crippen molar-refractivity contribution in [2.24, 2.45) is 5.14 Å². The van der Waals surface area contributed by atoms with Gasteiger partial charge in [0.2, 0.25) is 10.0 Å². The zero-order valence-corrected chi connectivity index (χ0v) is 12.6. The van der Waals surface area contributed by atoms with Gasteiger partial charge in [0, 0.05) is 12.6 Å². The average molecular weight is 311 g/mol. The van der Waals surface area contributed by atoms with E-state index in [-0.39, 0.29) is 22.9 Å². The summed E-state index contributed by atoms with van der Waals surface area (Å²) in [5, 5.41) is 23.0. The standard InChI is InChI=1S/C13H17N3O4S/c1-9(2)16(7-3-6-14)12-5-4-10(21(15,19)20)8-11(12)13(17)18/h4-5,8-9H,3,7H2,1-2H3,(H,17,18)(H2,15,19,20). The molecule has 0 aliphatic carbocycles. The number of primary sulfonamides is 1. The zero-order chi connectivity index (χ0) is 16.2. The lowest BCUT2D eigenvalue weighted by Crippen LogP contribution is -2.33. The number of hydrogen-bond acceptors (Lipinski definition) is 5. The highest BCUT2D eigenvalue weighted by atomic mass is 32.2. The lowest BCUT2D eigenvalue weighted by molar-refractivity contribution is 0.0697. The van der Waals surface area contributed by atoms with Crippen LogP contribution < -0.4 is 10.0 Å². The summed E-state index contributed by atoms with van der Waals surface area (Å²) >= 11 is 0. The molecule has 0 radical (unpaired) electrons. The van der Waals surface area contributed by atoms with E-state index in [1.165, 1.54) is 12.1 Å². The van der Waals surface area contributed by atoms with Crippen LogP contribution in [0, 0.1) is 11.3 Å². The molecule has 0 saturated heterocycles. The van der Waals surface area contributed by atoms with Crippen molar-refractivity contribution >= 4 is 21.7 Å². The van der Waals surface area contributed by atoms with Crippen molar-refractivity contribution in [1.29, 1.82) is 5.26 Å². The van der Waals surface area contributed by atoms with E-state index in [9.17, 15) is 18.3 Å². The number of hydrogen-bond donors (Lipinski definition) is 2. The predicted molar refractivity (Wildman–Crippen MR) is 77.5 cm³/mol. The van der Waals surface area contributed by atoms with Gasteiger partial charge in [0.1, 0.15) is 0 Å². The summed E-state index contributed by atoms with van der Waals surface area (Å²) in [5.74, 6) is -1.25. The normalized spacial score (nSPS) is 11.2. The number of carboxylic acids is 1. The van der Waals surface area contributed by atoms with Crippen LogP contribution in [0.5, 0.6) is 0 Å². The summed E-state index contributed by atoms with van der Waals surface area (Å²) in [6.45, 7) is 4.07. The molecule has 0 saturated carbocycles. The number of aromatic carboxylic acids is 1. The molecule has 0 spiro atoms. The molecule has 0 heterocycles. The van der Waals surface area contributed by atoms with E-state index < -0.39 is 16.0 Å². The first-order valence-electron chi connectivity index (χ1n) is 6.22. The quantitative estimate of drug-likeness (QED) is 0.812. The van der Waals surface area contributed by atoms with Gasteiger partial charge in [-0.05, 0) is 32.0 Å². The van der Waals surface area contributed by atoms with Crippen LogP contribution in [0.3, 0.4) is 0 Å². The van der Waals surface area contributed by atoms with Gasteiger partial charge in [-0.1, -0.05) is 0 Å². The van der Waals surface area contributed by atoms with Crippen molar-refractivity contribution in [1.82, 2.24) is 0 Å². The molecular weight excluding hydrogens is 294 g/mol. The minimum atomic E-state index is -3.97. The average Bonchev–Trinajstić information content (AvgIpc) is 2.37. The lowest BCUT2D eigenvalue weighted by Gasteiger charge is -2.29. The van der Waals surface area contributed by atoms with Crippen LogP contribution in [0.15, 0.2) is 23.1 Å². The number of benzene rings is 1. The lowest BCUT2D eigenvalue weighted by atomic mass is 10.1. The Morgan fingerprint density at radius 3 is 2.52 bits per heavy atom. The molecule has 0 unspecified atom stereocenters. The Hall–Kier alpha value is -2.11. The number of nitrogens with two attached hydrogens (primary N) is 1. The van der Waals surface area contributed by atoms with Crippen molar-refractivity contribution in [2.75, 3.05) is 11.4 Å². The van der Waals surface area contributed by atoms with Crippen LogP contribution >= 0.6 is 0 Å². The van der Waals surface area contributed by atoms with E-state index in [2.05, 4.69) is 0 Å². The minimum absolute atomic E-state index is 0.0446. The second-order valence-electron chi connectivity index (χ2n) is 4.72. The molecule has 1 aromatic rings. The summed E-state index contributed by atoms with van der Waals surface area (Å²) in [4.78, 5) is 12.9. The number of nitrogens with zero attached hydrogens (tertiary/aromatic N) is 2. The summed E-state index contributed by atoms with van der Waals surface area (Å²) in [6.07, 6.45) is 0.230. The van der Waals surface area contributed by atoms with Crippen molar-refractivity contribution in [2.45, 2.75) is 31.2 Å². The third-order valence-corrected chi connectivity index (χ3v) is 3.84. The molecule has 21 heavy (non-hydrogen) atoms. The molecule has 0 aliphatic heterocycles. The molecule has 0 fully saturated rings. The van der Waals surface area contributed by atoms with Crippen LogP contribution in [0.1, 0.15) is 30.6 Å². The molecule has 0 aromatic heterocycles. The first-order valence-corrected chi connectivity index (χ1v) is 7.77. The fourth-order valence-electron chi connectivity index (χ4n) is 1.94. The highest BCUT2D eigenvalue weighted by Gasteiger charge is 2.21. The van der Waals surface area contributed by atoms with Crippen molar-refractivity contribution < 1.29 is 18.3 Å². The monoisotopic (exact) mass is 311 g/mol. The molecule has 1 aromatic carbocycles.